The smallest absolute Gasteiger partial charge is 0.319 e. The second-order valence-corrected chi connectivity index (χ2v) is 3.59. The van der Waals surface area contributed by atoms with E-state index >= 15 is 0 Å². The zero-order valence-electron chi connectivity index (χ0n) is 7.10. The molecule has 0 saturated heterocycles. The van der Waals surface area contributed by atoms with Crippen LogP contribution in [0.3, 0.4) is 0 Å². The number of hydrogen-bond acceptors (Lipinski definition) is 2. The minimum atomic E-state index is -0.166. The van der Waals surface area contributed by atoms with E-state index in [0.29, 0.717) is 0 Å². The maximum atomic E-state index is 10.8. The number of rotatable bonds is 5. The van der Waals surface area contributed by atoms with Gasteiger partial charge >= 0.3 is 5.97 Å². The van der Waals surface area contributed by atoms with Crippen molar-refractivity contribution in [1.82, 2.24) is 0 Å². The summed E-state index contributed by atoms with van der Waals surface area (Å²) < 4.78 is 4.56. The molecular weight excluding hydrogens is 208 g/mol. The fourth-order valence-electron chi connectivity index (χ4n) is 0.819. The third-order valence-corrected chi connectivity index (χ3v) is 2.35. The van der Waals surface area contributed by atoms with Crippen molar-refractivity contribution in [3.8, 4) is 0 Å². The van der Waals surface area contributed by atoms with E-state index in [9.17, 15) is 4.79 Å². The lowest BCUT2D eigenvalue weighted by atomic mass is 10.1. The number of carbonyl (C=O) groups excluding carboxylic acids is 1. The first kappa shape index (κ1) is 11.0. The molecule has 3 heteroatoms. The average Bonchev–Trinajstić information content (AvgIpc) is 2.03. The van der Waals surface area contributed by atoms with Gasteiger partial charge in [0.25, 0.3) is 0 Å². The summed E-state index contributed by atoms with van der Waals surface area (Å²) >= 11 is 3.26. The van der Waals surface area contributed by atoms with Crippen molar-refractivity contribution in [3.63, 3.8) is 0 Å². The van der Waals surface area contributed by atoms with Gasteiger partial charge in [-0.2, -0.15) is 0 Å². The van der Waals surface area contributed by atoms with E-state index in [4.69, 9.17) is 0 Å². The van der Waals surface area contributed by atoms with Crippen molar-refractivity contribution >= 4 is 21.9 Å². The van der Waals surface area contributed by atoms with Crippen LogP contribution in [0.1, 0.15) is 32.6 Å². The lowest BCUT2D eigenvalue weighted by molar-refractivity contribution is -0.139. The normalized spacial score (nSPS) is 12.6. The topological polar surface area (TPSA) is 26.3 Å². The Bertz CT molecular complexity index is 115. The molecule has 0 aliphatic rings. The molecule has 1 atom stereocenters. The van der Waals surface area contributed by atoms with Gasteiger partial charge in [0.15, 0.2) is 0 Å². The Morgan fingerprint density at radius 3 is 2.64 bits per heavy atom. The van der Waals surface area contributed by atoms with Crippen molar-refractivity contribution in [2.24, 2.45) is 0 Å². The monoisotopic (exact) mass is 222 g/mol. The quantitative estimate of drug-likeness (QED) is 0.406. The average molecular weight is 223 g/mol. The molecule has 66 valence electrons. The summed E-state index contributed by atoms with van der Waals surface area (Å²) in [6.45, 7) is 2.14. The van der Waals surface area contributed by atoms with E-state index in [0.717, 1.165) is 12.8 Å². The van der Waals surface area contributed by atoms with E-state index in [1.165, 1.54) is 20.0 Å². The van der Waals surface area contributed by atoms with Gasteiger partial charge in [-0.3, -0.25) is 4.79 Å². The van der Waals surface area contributed by atoms with Crippen LogP contribution in [0, 0.1) is 0 Å². The number of halogens is 1. The molecule has 0 fully saturated rings. The van der Waals surface area contributed by atoms with Crippen LogP contribution in [-0.2, 0) is 9.53 Å². The van der Waals surface area contributed by atoms with Crippen molar-refractivity contribution in [3.05, 3.63) is 0 Å². The Morgan fingerprint density at radius 2 is 2.18 bits per heavy atom. The molecule has 0 N–H and O–H groups in total. The third kappa shape index (κ3) is 5.24. The second kappa shape index (κ2) is 6.65. The molecule has 0 saturated carbocycles. The van der Waals surface area contributed by atoms with Gasteiger partial charge in [0.2, 0.25) is 0 Å². The number of alkyl halides is 1. The van der Waals surface area contributed by atoms with E-state index < -0.39 is 0 Å². The van der Waals surface area contributed by atoms with Crippen LogP contribution in [0.2, 0.25) is 0 Å². The Morgan fingerprint density at radius 1 is 1.55 bits per heavy atom. The summed E-state index contributed by atoms with van der Waals surface area (Å²) in [7, 11) is 1.41. The van der Waals surface area contributed by atoms with Crippen LogP contribution in [0.25, 0.3) is 0 Å². The SMILES string of the molecule is CCCCCC(Br)C(=O)OC. The van der Waals surface area contributed by atoms with E-state index in [2.05, 4.69) is 27.6 Å². The van der Waals surface area contributed by atoms with E-state index in [-0.39, 0.29) is 10.8 Å². The number of esters is 1. The van der Waals surface area contributed by atoms with Crippen molar-refractivity contribution in [1.29, 1.82) is 0 Å². The van der Waals surface area contributed by atoms with Gasteiger partial charge in [0, 0.05) is 0 Å². The fourth-order valence-corrected chi connectivity index (χ4v) is 1.33. The van der Waals surface area contributed by atoms with Crippen LogP contribution >= 0.6 is 15.9 Å². The standard InChI is InChI=1S/C8H15BrO2/c1-3-4-5-6-7(9)8(10)11-2/h7H,3-6H2,1-2H3. The Kier molecular flexibility index (Phi) is 6.62. The molecule has 0 bridgehead atoms. The zero-order chi connectivity index (χ0) is 8.69. The molecule has 0 aliphatic heterocycles. The fraction of sp³-hybridized carbons (Fsp3) is 0.875. The summed E-state index contributed by atoms with van der Waals surface area (Å²) in [6, 6.07) is 0. The van der Waals surface area contributed by atoms with Gasteiger partial charge in [-0.15, -0.1) is 0 Å². The highest BCUT2D eigenvalue weighted by atomic mass is 79.9. The molecule has 2 nitrogen and oxygen atoms in total. The van der Waals surface area contributed by atoms with Crippen LogP contribution in [0.5, 0.6) is 0 Å². The van der Waals surface area contributed by atoms with Gasteiger partial charge in [-0.25, -0.2) is 0 Å². The number of carbonyl (C=O) groups is 1. The summed E-state index contributed by atoms with van der Waals surface area (Å²) in [5.74, 6) is -0.166. The summed E-state index contributed by atoms with van der Waals surface area (Å²) in [5, 5.41) is 0. The second-order valence-electron chi connectivity index (χ2n) is 2.49. The number of unbranched alkanes of at least 4 members (excludes halogenated alkanes) is 2. The van der Waals surface area contributed by atoms with Crippen LogP contribution in [-0.4, -0.2) is 17.9 Å². The van der Waals surface area contributed by atoms with Gasteiger partial charge in [-0.05, 0) is 6.42 Å². The van der Waals surface area contributed by atoms with Gasteiger partial charge in [-0.1, -0.05) is 42.1 Å². The third-order valence-electron chi connectivity index (χ3n) is 1.52. The van der Waals surface area contributed by atoms with Crippen molar-refractivity contribution < 1.29 is 9.53 Å². The predicted molar refractivity (Wildman–Crippen MR) is 48.9 cm³/mol. The molecule has 0 heterocycles. The minimum absolute atomic E-state index is 0.112. The zero-order valence-corrected chi connectivity index (χ0v) is 8.69. The van der Waals surface area contributed by atoms with E-state index in [1.807, 2.05) is 0 Å². The molecule has 1 unspecified atom stereocenters. The Hall–Kier alpha value is -0.0500. The van der Waals surface area contributed by atoms with Gasteiger partial charge < -0.3 is 4.74 Å². The molecule has 0 radical (unpaired) electrons. The first-order valence-corrected chi connectivity index (χ1v) is 4.85. The molecule has 0 rings (SSSR count). The molecule has 0 spiro atoms. The van der Waals surface area contributed by atoms with Crippen LogP contribution in [0.4, 0.5) is 0 Å². The summed E-state index contributed by atoms with van der Waals surface area (Å²) in [4.78, 5) is 10.7. The molecule has 0 aromatic rings. The molecule has 11 heavy (non-hydrogen) atoms. The highest BCUT2D eigenvalue weighted by molar-refractivity contribution is 9.10. The largest absolute Gasteiger partial charge is 0.468 e. The van der Waals surface area contributed by atoms with Crippen molar-refractivity contribution in [2.75, 3.05) is 7.11 Å². The van der Waals surface area contributed by atoms with Gasteiger partial charge in [0.1, 0.15) is 4.83 Å². The van der Waals surface area contributed by atoms with Gasteiger partial charge in [0.05, 0.1) is 7.11 Å². The Labute approximate surface area is 76.4 Å². The number of methoxy groups -OCH3 is 1. The highest BCUT2D eigenvalue weighted by Gasteiger charge is 2.13. The van der Waals surface area contributed by atoms with Crippen LogP contribution in [0.15, 0.2) is 0 Å². The lowest BCUT2D eigenvalue weighted by Crippen LogP contribution is -2.15. The minimum Gasteiger partial charge on any atom is -0.468 e. The molecule has 0 amide bonds. The first-order valence-electron chi connectivity index (χ1n) is 3.94. The molecule has 0 aromatic carbocycles. The molecular formula is C8H15BrO2. The van der Waals surface area contributed by atoms with Crippen molar-refractivity contribution in [2.45, 2.75) is 37.4 Å². The highest BCUT2D eigenvalue weighted by Crippen LogP contribution is 2.11. The molecule has 0 aliphatic carbocycles. The van der Waals surface area contributed by atoms with Crippen LogP contribution < -0.4 is 0 Å². The number of hydrogen-bond donors (Lipinski definition) is 0. The summed E-state index contributed by atoms with van der Waals surface area (Å²) in [5.41, 5.74) is 0. The lowest BCUT2D eigenvalue weighted by Gasteiger charge is -2.05. The summed E-state index contributed by atoms with van der Waals surface area (Å²) in [6.07, 6.45) is 4.32. The number of ether oxygens (including phenoxy) is 1. The predicted octanol–water partition coefficient (Wildman–Crippen LogP) is 2.50. The maximum Gasteiger partial charge on any atom is 0.319 e. The van der Waals surface area contributed by atoms with E-state index in [1.54, 1.807) is 0 Å². The molecule has 0 aromatic heterocycles. The Balaban J connectivity index is 3.36. The maximum absolute atomic E-state index is 10.8. The first-order chi connectivity index (χ1) is 5.22.